The Morgan fingerprint density at radius 2 is 1.67 bits per heavy atom. The SMILES string of the molecule is C=CP(=O)(O[C@H](C)Cl)O[C@H](C)Cl. The summed E-state index contributed by atoms with van der Waals surface area (Å²) in [5.41, 5.74) is -1.41. The molecule has 0 aliphatic rings. The van der Waals surface area contributed by atoms with Crippen LogP contribution in [0.4, 0.5) is 0 Å². The Balaban J connectivity index is 4.25. The Kier molecular flexibility index (Phi) is 5.46. The summed E-state index contributed by atoms with van der Waals surface area (Å²) in [6.45, 7) is 6.36. The van der Waals surface area contributed by atoms with Crippen molar-refractivity contribution in [2.24, 2.45) is 0 Å². The lowest BCUT2D eigenvalue weighted by Crippen LogP contribution is -2.02. The van der Waals surface area contributed by atoms with Gasteiger partial charge < -0.3 is 0 Å². The molecular weight excluding hydrogens is 222 g/mol. The Bertz CT molecular complexity index is 179. The van der Waals surface area contributed by atoms with Crippen molar-refractivity contribution in [1.82, 2.24) is 0 Å². The zero-order valence-electron chi connectivity index (χ0n) is 6.87. The van der Waals surface area contributed by atoms with E-state index in [9.17, 15) is 4.57 Å². The van der Waals surface area contributed by atoms with Crippen LogP contribution in [0.5, 0.6) is 0 Å². The average molecular weight is 233 g/mol. The second kappa shape index (κ2) is 5.25. The Labute approximate surface area is 82.2 Å². The predicted octanol–water partition coefficient (Wildman–Crippen LogP) is 3.53. The fourth-order valence-electron chi connectivity index (χ4n) is 0.516. The van der Waals surface area contributed by atoms with E-state index in [1.807, 2.05) is 0 Å². The van der Waals surface area contributed by atoms with Crippen LogP contribution < -0.4 is 0 Å². The lowest BCUT2D eigenvalue weighted by Gasteiger charge is -2.17. The Morgan fingerprint density at radius 1 is 1.33 bits per heavy atom. The van der Waals surface area contributed by atoms with Crippen molar-refractivity contribution in [2.45, 2.75) is 25.0 Å². The highest BCUT2D eigenvalue weighted by molar-refractivity contribution is 7.57. The maximum Gasteiger partial charge on any atom is 0.356 e. The van der Waals surface area contributed by atoms with E-state index in [1.54, 1.807) is 0 Å². The molecule has 0 saturated heterocycles. The minimum Gasteiger partial charge on any atom is -0.286 e. The van der Waals surface area contributed by atoms with Gasteiger partial charge in [-0.2, -0.15) is 0 Å². The van der Waals surface area contributed by atoms with Crippen molar-refractivity contribution >= 4 is 30.8 Å². The Morgan fingerprint density at radius 3 is 1.83 bits per heavy atom. The van der Waals surface area contributed by atoms with Gasteiger partial charge in [-0.1, -0.05) is 29.8 Å². The van der Waals surface area contributed by atoms with Crippen molar-refractivity contribution in [3.8, 4) is 0 Å². The van der Waals surface area contributed by atoms with Gasteiger partial charge >= 0.3 is 7.60 Å². The van der Waals surface area contributed by atoms with E-state index >= 15 is 0 Å². The second-order valence-corrected chi connectivity index (χ2v) is 5.11. The third-order valence-electron chi connectivity index (χ3n) is 0.808. The molecule has 0 aromatic heterocycles. The van der Waals surface area contributed by atoms with Gasteiger partial charge in [-0.15, -0.1) is 0 Å². The van der Waals surface area contributed by atoms with Crippen LogP contribution in [-0.2, 0) is 13.6 Å². The molecule has 0 aliphatic carbocycles. The van der Waals surface area contributed by atoms with Gasteiger partial charge in [0.2, 0.25) is 0 Å². The molecule has 72 valence electrons. The average Bonchev–Trinajstić information content (AvgIpc) is 1.83. The van der Waals surface area contributed by atoms with Gasteiger partial charge in [0.05, 0.1) is 0 Å². The molecule has 0 aromatic rings. The first-order chi connectivity index (χ1) is 5.39. The first kappa shape index (κ1) is 12.5. The second-order valence-electron chi connectivity index (χ2n) is 2.02. The van der Waals surface area contributed by atoms with Crippen LogP contribution in [-0.4, -0.2) is 11.1 Å². The first-order valence-corrected chi connectivity index (χ1v) is 5.76. The molecule has 0 saturated carbocycles. The van der Waals surface area contributed by atoms with Gasteiger partial charge in [-0.3, -0.25) is 13.6 Å². The number of halogens is 2. The molecule has 0 aromatic carbocycles. The normalized spacial score (nSPS) is 17.0. The quantitative estimate of drug-likeness (QED) is 0.538. The van der Waals surface area contributed by atoms with Crippen LogP contribution in [0.3, 0.4) is 0 Å². The summed E-state index contributed by atoms with van der Waals surface area (Å²) in [7, 11) is -3.31. The van der Waals surface area contributed by atoms with Crippen molar-refractivity contribution < 1.29 is 13.6 Å². The maximum atomic E-state index is 11.5. The molecule has 0 amide bonds. The van der Waals surface area contributed by atoms with Crippen LogP contribution in [0.2, 0.25) is 0 Å². The fourth-order valence-corrected chi connectivity index (χ4v) is 2.21. The van der Waals surface area contributed by atoms with E-state index in [4.69, 9.17) is 32.2 Å². The molecule has 0 fully saturated rings. The van der Waals surface area contributed by atoms with Gasteiger partial charge in [0, 0.05) is 5.82 Å². The minimum atomic E-state index is -3.31. The summed E-state index contributed by atoms with van der Waals surface area (Å²) in [5, 5.41) is 0. The number of hydrogen-bond acceptors (Lipinski definition) is 3. The van der Waals surface area contributed by atoms with E-state index in [1.165, 1.54) is 13.8 Å². The number of alkyl halides is 2. The summed E-state index contributed by atoms with van der Waals surface area (Å²) < 4.78 is 21.1. The third-order valence-corrected chi connectivity index (χ3v) is 2.90. The lowest BCUT2D eigenvalue weighted by atomic mass is 10.9. The first-order valence-electron chi connectivity index (χ1n) is 3.28. The van der Waals surface area contributed by atoms with E-state index in [-0.39, 0.29) is 0 Å². The molecule has 12 heavy (non-hydrogen) atoms. The van der Waals surface area contributed by atoms with Crippen LogP contribution in [0.25, 0.3) is 0 Å². The summed E-state index contributed by atoms with van der Waals surface area (Å²) in [6, 6.07) is 0. The molecule has 0 unspecified atom stereocenters. The lowest BCUT2D eigenvalue weighted by molar-refractivity contribution is 0.197. The molecule has 0 radical (unpaired) electrons. The van der Waals surface area contributed by atoms with Crippen LogP contribution in [0.1, 0.15) is 13.8 Å². The summed E-state index contributed by atoms with van der Waals surface area (Å²) in [4.78, 5) is 0. The van der Waals surface area contributed by atoms with E-state index in [2.05, 4.69) is 6.58 Å². The van der Waals surface area contributed by atoms with Gasteiger partial charge in [0.25, 0.3) is 0 Å². The zero-order valence-corrected chi connectivity index (χ0v) is 9.27. The summed E-state index contributed by atoms with van der Waals surface area (Å²) in [6.07, 6.45) is 0. The predicted molar refractivity (Wildman–Crippen MR) is 50.6 cm³/mol. The fraction of sp³-hybridized carbons (Fsp3) is 0.667. The standard InChI is InChI=1S/C6H11Cl2O3P/c1-4-12(9,10-5(2)7)11-6(3)8/h4-6H,1H2,2-3H3/t5-,6-/m1/s1. The highest BCUT2D eigenvalue weighted by Gasteiger charge is 2.24. The van der Waals surface area contributed by atoms with Crippen LogP contribution in [0, 0.1) is 0 Å². The van der Waals surface area contributed by atoms with Crippen LogP contribution >= 0.6 is 30.8 Å². The largest absolute Gasteiger partial charge is 0.356 e. The van der Waals surface area contributed by atoms with E-state index in [0.717, 1.165) is 5.82 Å². The van der Waals surface area contributed by atoms with Crippen molar-refractivity contribution in [2.75, 3.05) is 0 Å². The van der Waals surface area contributed by atoms with E-state index < -0.39 is 18.7 Å². The molecular formula is C6H11Cl2O3P. The van der Waals surface area contributed by atoms with Crippen molar-refractivity contribution in [1.29, 1.82) is 0 Å². The molecule has 0 spiro atoms. The molecule has 6 heteroatoms. The number of hydrogen-bond donors (Lipinski definition) is 0. The van der Waals surface area contributed by atoms with Gasteiger partial charge in [-0.25, -0.2) is 0 Å². The topological polar surface area (TPSA) is 35.5 Å². The molecule has 0 aliphatic heterocycles. The molecule has 3 nitrogen and oxygen atoms in total. The molecule has 0 heterocycles. The number of rotatable bonds is 5. The summed E-state index contributed by atoms with van der Waals surface area (Å²) >= 11 is 10.9. The van der Waals surface area contributed by atoms with Crippen LogP contribution in [0.15, 0.2) is 12.4 Å². The molecule has 0 N–H and O–H groups in total. The Hall–Kier alpha value is 0.470. The maximum absolute atomic E-state index is 11.5. The summed E-state index contributed by atoms with van der Waals surface area (Å²) in [5.74, 6) is 1.07. The molecule has 0 rings (SSSR count). The monoisotopic (exact) mass is 232 g/mol. The third kappa shape index (κ3) is 5.18. The minimum absolute atomic E-state index is 0.704. The molecule has 0 bridgehead atoms. The highest BCUT2D eigenvalue weighted by atomic mass is 35.5. The highest BCUT2D eigenvalue weighted by Crippen LogP contribution is 2.52. The molecule has 2 atom stereocenters. The van der Waals surface area contributed by atoms with Crippen molar-refractivity contribution in [3.63, 3.8) is 0 Å². The van der Waals surface area contributed by atoms with E-state index in [0.29, 0.717) is 0 Å². The van der Waals surface area contributed by atoms with Gasteiger partial charge in [0.15, 0.2) is 0 Å². The van der Waals surface area contributed by atoms with Crippen molar-refractivity contribution in [3.05, 3.63) is 12.4 Å². The van der Waals surface area contributed by atoms with Gasteiger partial charge in [0.1, 0.15) is 11.1 Å². The zero-order chi connectivity index (χ0) is 9.78. The van der Waals surface area contributed by atoms with Gasteiger partial charge in [-0.05, 0) is 13.8 Å². The smallest absolute Gasteiger partial charge is 0.286 e.